The first-order chi connectivity index (χ1) is 10.3. The van der Waals surface area contributed by atoms with E-state index in [2.05, 4.69) is 15.3 Å². The number of ether oxygens (including phenoxy) is 1. The van der Waals surface area contributed by atoms with Gasteiger partial charge in [0, 0.05) is 25.7 Å². The molecule has 1 saturated heterocycles. The minimum Gasteiger partial charge on any atom is -0.481 e. The topological polar surface area (TPSA) is 153 Å². The zero-order valence-electron chi connectivity index (χ0n) is 12.1. The van der Waals surface area contributed by atoms with E-state index in [1.807, 2.05) is 0 Å². The van der Waals surface area contributed by atoms with Crippen molar-refractivity contribution in [1.29, 1.82) is 0 Å². The smallest absolute Gasteiger partial charge is 0.404 e. The Bertz CT molecular complexity index is 432. The third-order valence-electron chi connectivity index (χ3n) is 2.26. The molecule has 10 nitrogen and oxygen atoms in total. The van der Waals surface area contributed by atoms with Crippen LogP contribution in [0.4, 0.5) is 4.79 Å². The lowest BCUT2D eigenvalue weighted by atomic mass is 10.2. The summed E-state index contributed by atoms with van der Waals surface area (Å²) in [5.41, 5.74) is 4.54. The van der Waals surface area contributed by atoms with Crippen LogP contribution in [0, 0.1) is 0 Å². The first-order valence-corrected chi connectivity index (χ1v) is 6.48. The van der Waals surface area contributed by atoms with Gasteiger partial charge in [0.25, 0.3) is 11.8 Å². The maximum absolute atomic E-state index is 11.1. The van der Waals surface area contributed by atoms with Gasteiger partial charge in [-0.2, -0.15) is 0 Å². The number of hydrogen-bond acceptors (Lipinski definition) is 7. The summed E-state index contributed by atoms with van der Waals surface area (Å²) in [6.45, 7) is 2.06. The van der Waals surface area contributed by atoms with Crippen LogP contribution in [0.1, 0.15) is 39.0 Å². The Labute approximate surface area is 126 Å². The largest absolute Gasteiger partial charge is 0.481 e. The monoisotopic (exact) mass is 318 g/mol. The molecular weight excluding hydrogens is 300 g/mol. The summed E-state index contributed by atoms with van der Waals surface area (Å²) in [5.74, 6) is -2.88. The van der Waals surface area contributed by atoms with Gasteiger partial charge in [0.05, 0.1) is 6.61 Å². The van der Waals surface area contributed by atoms with Gasteiger partial charge in [-0.15, -0.1) is 5.06 Å². The Kier molecular flexibility index (Phi) is 8.91. The van der Waals surface area contributed by atoms with E-state index in [0.29, 0.717) is 11.7 Å². The van der Waals surface area contributed by atoms with E-state index in [9.17, 15) is 24.0 Å². The van der Waals surface area contributed by atoms with Crippen molar-refractivity contribution < 1.29 is 38.7 Å². The highest BCUT2D eigenvalue weighted by Gasteiger charge is 2.32. The quantitative estimate of drug-likeness (QED) is 0.646. The average Bonchev–Trinajstić information content (AvgIpc) is 2.70. The molecule has 124 valence electrons. The predicted octanol–water partition coefficient (Wildman–Crippen LogP) is -0.0499. The van der Waals surface area contributed by atoms with Crippen molar-refractivity contribution in [2.75, 3.05) is 6.61 Å². The first-order valence-electron chi connectivity index (χ1n) is 6.48. The number of carbonyl (C=O) groups is 5. The summed E-state index contributed by atoms with van der Waals surface area (Å²) in [5, 5.41) is 8.77. The molecule has 0 bridgehead atoms. The Morgan fingerprint density at radius 1 is 1.18 bits per heavy atom. The fourth-order valence-corrected chi connectivity index (χ4v) is 1.33. The van der Waals surface area contributed by atoms with Crippen LogP contribution in [0.3, 0.4) is 0 Å². The highest BCUT2D eigenvalue weighted by molar-refractivity contribution is 6.01. The molecule has 0 aromatic heterocycles. The van der Waals surface area contributed by atoms with Gasteiger partial charge in [-0.05, 0) is 13.3 Å². The number of aliphatic carboxylic acids is 1. The normalized spacial score (nSPS) is 13.2. The molecule has 0 saturated carbocycles. The Hall–Kier alpha value is -2.65. The molecule has 1 rings (SSSR count). The van der Waals surface area contributed by atoms with Crippen LogP contribution in [0.15, 0.2) is 0 Å². The van der Waals surface area contributed by atoms with Crippen molar-refractivity contribution in [3.05, 3.63) is 0 Å². The van der Waals surface area contributed by atoms with Crippen molar-refractivity contribution >= 4 is 29.8 Å². The molecule has 0 radical (unpaired) electrons. The van der Waals surface area contributed by atoms with E-state index in [0.717, 1.165) is 0 Å². The Morgan fingerprint density at radius 3 is 2.09 bits per heavy atom. The zero-order chi connectivity index (χ0) is 17.1. The number of nitrogens with two attached hydrogens (primary N) is 1. The fraction of sp³-hybridized carbons (Fsp3) is 0.583. The number of hydrogen-bond donors (Lipinski definition) is 2. The second-order valence-electron chi connectivity index (χ2n) is 4.04. The van der Waals surface area contributed by atoms with Gasteiger partial charge in [0.1, 0.15) is 0 Å². The summed E-state index contributed by atoms with van der Waals surface area (Å²) in [4.78, 5) is 57.5. The van der Waals surface area contributed by atoms with E-state index < -0.39 is 29.8 Å². The van der Waals surface area contributed by atoms with Gasteiger partial charge in [-0.25, -0.2) is 9.59 Å². The van der Waals surface area contributed by atoms with Gasteiger partial charge >= 0.3 is 18.0 Å². The molecule has 1 aliphatic heterocycles. The third kappa shape index (κ3) is 8.51. The number of rotatable bonds is 6. The van der Waals surface area contributed by atoms with Crippen molar-refractivity contribution in [1.82, 2.24) is 5.06 Å². The van der Waals surface area contributed by atoms with Crippen LogP contribution in [0.2, 0.25) is 0 Å². The second kappa shape index (κ2) is 10.1. The number of amides is 3. The predicted molar refractivity (Wildman–Crippen MR) is 69.9 cm³/mol. The molecule has 0 atom stereocenters. The molecule has 3 amide bonds. The van der Waals surface area contributed by atoms with Gasteiger partial charge < -0.3 is 20.4 Å². The van der Waals surface area contributed by atoms with Crippen LogP contribution >= 0.6 is 0 Å². The molecule has 0 aromatic carbocycles. The van der Waals surface area contributed by atoms with Crippen molar-refractivity contribution in [3.8, 4) is 0 Å². The van der Waals surface area contributed by atoms with Gasteiger partial charge in [0.2, 0.25) is 0 Å². The molecule has 1 aliphatic rings. The van der Waals surface area contributed by atoms with Gasteiger partial charge in [-0.3, -0.25) is 14.4 Å². The number of carbonyl (C=O) groups excluding carboxylic acids is 4. The zero-order valence-corrected chi connectivity index (χ0v) is 12.1. The minimum atomic E-state index is -1.01. The molecule has 3 N–H and O–H groups in total. The van der Waals surface area contributed by atoms with Crippen LogP contribution < -0.4 is 5.73 Å². The van der Waals surface area contributed by atoms with Crippen molar-refractivity contribution in [2.24, 2.45) is 5.73 Å². The molecule has 10 heteroatoms. The van der Waals surface area contributed by atoms with Gasteiger partial charge in [-0.1, -0.05) is 0 Å². The maximum Gasteiger partial charge on any atom is 0.404 e. The lowest BCUT2D eigenvalue weighted by Gasteiger charge is -2.11. The summed E-state index contributed by atoms with van der Waals surface area (Å²) in [7, 11) is 0. The lowest BCUT2D eigenvalue weighted by Crippen LogP contribution is -2.32. The molecule has 1 fully saturated rings. The summed E-state index contributed by atoms with van der Waals surface area (Å²) in [6, 6.07) is 0. The number of carboxylic acids is 1. The average molecular weight is 318 g/mol. The van der Waals surface area contributed by atoms with E-state index in [1.165, 1.54) is 0 Å². The highest BCUT2D eigenvalue weighted by Crippen LogP contribution is 2.13. The molecule has 1 heterocycles. The fourth-order valence-electron chi connectivity index (χ4n) is 1.33. The summed E-state index contributed by atoms with van der Waals surface area (Å²) >= 11 is 0. The maximum atomic E-state index is 11.1. The van der Waals surface area contributed by atoms with E-state index in [4.69, 9.17) is 5.11 Å². The van der Waals surface area contributed by atoms with Crippen LogP contribution in [0.5, 0.6) is 0 Å². The third-order valence-corrected chi connectivity index (χ3v) is 2.26. The molecule has 0 aromatic rings. The number of carboxylic acid groups (broad SMARTS) is 1. The summed E-state index contributed by atoms with van der Waals surface area (Å²) < 4.78 is 4.18. The summed E-state index contributed by atoms with van der Waals surface area (Å²) in [6.07, 6.45) is -0.801. The Morgan fingerprint density at radius 2 is 1.73 bits per heavy atom. The van der Waals surface area contributed by atoms with E-state index in [-0.39, 0.29) is 32.1 Å². The van der Waals surface area contributed by atoms with Crippen LogP contribution in [-0.4, -0.2) is 46.6 Å². The first kappa shape index (κ1) is 19.4. The number of primary amides is 1. The number of imide groups is 1. The van der Waals surface area contributed by atoms with E-state index in [1.54, 1.807) is 6.92 Å². The van der Waals surface area contributed by atoms with E-state index >= 15 is 0 Å². The SMILES string of the molecule is CCOC(N)=O.O=C(O)CCCC(=O)ON1C(=O)CCC1=O. The number of hydroxylamine groups is 2. The van der Waals surface area contributed by atoms with Crippen molar-refractivity contribution in [3.63, 3.8) is 0 Å². The molecule has 0 aliphatic carbocycles. The van der Waals surface area contributed by atoms with Crippen LogP contribution in [-0.2, 0) is 28.8 Å². The highest BCUT2D eigenvalue weighted by atomic mass is 16.7. The Balaban J connectivity index is 0.000000626. The standard InChI is InChI=1S/C9H11NO6.C3H7NO2/c11-6-4-5-7(12)10(6)16-9(15)3-1-2-8(13)14;1-2-6-3(4)5/h1-5H2,(H,13,14);2H2,1H3,(H2,4,5). The molecule has 0 unspecified atom stereocenters. The van der Waals surface area contributed by atoms with Crippen LogP contribution in [0.25, 0.3) is 0 Å². The lowest BCUT2D eigenvalue weighted by molar-refractivity contribution is -0.197. The minimum absolute atomic E-state index is 0.0429. The molecular formula is C12H18N2O8. The molecule has 22 heavy (non-hydrogen) atoms. The van der Waals surface area contributed by atoms with Gasteiger partial charge in [0.15, 0.2) is 0 Å². The second-order valence-corrected chi connectivity index (χ2v) is 4.04. The number of nitrogens with zero attached hydrogens (tertiary/aromatic N) is 1. The molecule has 0 spiro atoms. The van der Waals surface area contributed by atoms with Crippen molar-refractivity contribution in [2.45, 2.75) is 39.0 Å².